The second-order valence-corrected chi connectivity index (χ2v) is 6.09. The van der Waals surface area contributed by atoms with Crippen molar-refractivity contribution in [2.45, 2.75) is 6.54 Å². The molecule has 1 aromatic carbocycles. The Labute approximate surface area is 132 Å². The van der Waals surface area contributed by atoms with E-state index in [1.807, 2.05) is 24.3 Å². The molecule has 0 bridgehead atoms. The third kappa shape index (κ3) is 3.36. The van der Waals surface area contributed by atoms with Crippen LogP contribution in [-0.4, -0.2) is 22.8 Å². The summed E-state index contributed by atoms with van der Waals surface area (Å²) in [6.45, 7) is 0.476. The first-order valence-electron chi connectivity index (χ1n) is 5.86. The highest BCUT2D eigenvalue weighted by molar-refractivity contribution is 7.80. The van der Waals surface area contributed by atoms with Crippen molar-refractivity contribution >= 4 is 46.1 Å². The second-order valence-electron chi connectivity index (χ2n) is 4.32. The molecule has 1 aromatic heterocycles. The molecule has 3 nitrogen and oxygen atoms in total. The fourth-order valence-electron chi connectivity index (χ4n) is 1.79. The summed E-state index contributed by atoms with van der Waals surface area (Å²) in [5.41, 5.74) is 7.38. The maximum absolute atomic E-state index is 12.3. The number of thiocarbonyl (C=S) groups is 1. The Kier molecular flexibility index (Phi) is 4.75. The lowest BCUT2D eigenvalue weighted by molar-refractivity contribution is 0.0790. The molecule has 0 aliphatic carbocycles. The van der Waals surface area contributed by atoms with Gasteiger partial charge in [-0.25, -0.2) is 0 Å². The van der Waals surface area contributed by atoms with Crippen molar-refractivity contribution in [1.82, 2.24) is 4.90 Å². The maximum Gasteiger partial charge on any atom is 0.265 e. The number of benzene rings is 1. The first-order chi connectivity index (χ1) is 9.49. The monoisotopic (exact) mass is 324 g/mol. The Morgan fingerprint density at radius 3 is 2.80 bits per heavy atom. The van der Waals surface area contributed by atoms with Crippen molar-refractivity contribution in [3.05, 3.63) is 56.7 Å². The van der Waals surface area contributed by atoms with Gasteiger partial charge in [-0.2, -0.15) is 0 Å². The Bertz CT molecular complexity index is 654. The molecule has 2 N–H and O–H groups in total. The topological polar surface area (TPSA) is 46.3 Å². The van der Waals surface area contributed by atoms with Gasteiger partial charge in [0.1, 0.15) is 9.87 Å². The number of thiophene rings is 1. The summed E-state index contributed by atoms with van der Waals surface area (Å²) in [4.78, 5) is 14.8. The molecule has 104 valence electrons. The molecule has 0 saturated carbocycles. The number of halogens is 1. The fraction of sp³-hybridized carbons (Fsp3) is 0.143. The molecule has 0 aliphatic rings. The third-order valence-corrected chi connectivity index (χ3v) is 4.35. The van der Waals surface area contributed by atoms with E-state index >= 15 is 0 Å². The van der Waals surface area contributed by atoms with Gasteiger partial charge in [-0.05, 0) is 23.1 Å². The number of nitrogens with zero attached hydrogens (tertiary/aromatic N) is 1. The van der Waals surface area contributed by atoms with E-state index in [-0.39, 0.29) is 5.91 Å². The number of carbonyl (C=O) groups excluding carboxylic acids is 1. The van der Waals surface area contributed by atoms with E-state index in [4.69, 9.17) is 29.6 Å². The van der Waals surface area contributed by atoms with Gasteiger partial charge in [0.2, 0.25) is 0 Å². The molecule has 0 fully saturated rings. The molecular formula is C14H13ClN2OS2. The normalized spacial score (nSPS) is 10.3. The predicted molar refractivity (Wildman–Crippen MR) is 87.5 cm³/mol. The molecule has 20 heavy (non-hydrogen) atoms. The first-order valence-corrected chi connectivity index (χ1v) is 7.53. The lowest BCUT2D eigenvalue weighted by Gasteiger charge is -2.17. The average molecular weight is 325 g/mol. The molecule has 0 saturated heterocycles. The van der Waals surface area contributed by atoms with E-state index in [9.17, 15) is 4.79 Å². The van der Waals surface area contributed by atoms with Crippen LogP contribution < -0.4 is 5.73 Å². The van der Waals surface area contributed by atoms with Gasteiger partial charge in [-0.1, -0.05) is 42.0 Å². The maximum atomic E-state index is 12.3. The van der Waals surface area contributed by atoms with Crippen LogP contribution in [0.1, 0.15) is 20.8 Å². The highest BCUT2D eigenvalue weighted by Crippen LogP contribution is 2.23. The molecule has 0 atom stereocenters. The minimum absolute atomic E-state index is 0.0919. The number of carbonyl (C=O) groups is 1. The summed E-state index contributed by atoms with van der Waals surface area (Å²) in [5, 5.41) is 2.29. The van der Waals surface area contributed by atoms with Crippen LogP contribution >= 0.6 is 35.2 Å². The Morgan fingerprint density at radius 2 is 2.20 bits per heavy atom. The Hall–Kier alpha value is -1.43. The fourth-order valence-corrected chi connectivity index (χ4v) is 3.04. The standard InChI is InChI=1S/C14H13ClN2OS2/c1-17(14(18)12-11(15)5-6-20-12)8-9-3-2-4-10(7-9)13(16)19/h2-7H,8H2,1H3,(H2,16,19). The molecule has 0 radical (unpaired) electrons. The molecule has 6 heteroatoms. The highest BCUT2D eigenvalue weighted by Gasteiger charge is 2.16. The SMILES string of the molecule is CN(Cc1cccc(C(N)=S)c1)C(=O)c1sccc1Cl. The number of hydrogen-bond acceptors (Lipinski definition) is 3. The van der Waals surface area contributed by atoms with Gasteiger partial charge in [0.05, 0.1) is 5.02 Å². The smallest absolute Gasteiger partial charge is 0.265 e. The molecule has 0 aliphatic heterocycles. The second kappa shape index (κ2) is 6.35. The average Bonchev–Trinajstić information content (AvgIpc) is 2.84. The van der Waals surface area contributed by atoms with Crippen LogP contribution in [0.5, 0.6) is 0 Å². The van der Waals surface area contributed by atoms with E-state index in [0.29, 0.717) is 21.4 Å². The van der Waals surface area contributed by atoms with Gasteiger partial charge in [0.25, 0.3) is 5.91 Å². The molecule has 2 rings (SSSR count). The zero-order chi connectivity index (χ0) is 14.7. The van der Waals surface area contributed by atoms with Crippen molar-refractivity contribution in [3.63, 3.8) is 0 Å². The van der Waals surface area contributed by atoms with Crippen molar-refractivity contribution in [2.75, 3.05) is 7.05 Å². The van der Waals surface area contributed by atoms with E-state index in [0.717, 1.165) is 11.1 Å². The summed E-state index contributed by atoms with van der Waals surface area (Å²) in [6, 6.07) is 9.27. The van der Waals surface area contributed by atoms with Gasteiger partial charge >= 0.3 is 0 Å². The van der Waals surface area contributed by atoms with Crippen LogP contribution in [0.25, 0.3) is 0 Å². The minimum atomic E-state index is -0.0919. The molecule has 1 heterocycles. The van der Waals surface area contributed by atoms with Gasteiger partial charge in [0, 0.05) is 19.2 Å². The van der Waals surface area contributed by atoms with Crippen molar-refractivity contribution < 1.29 is 4.79 Å². The van der Waals surface area contributed by atoms with Gasteiger partial charge in [-0.3, -0.25) is 4.79 Å². The van der Waals surface area contributed by atoms with Crippen LogP contribution in [0.3, 0.4) is 0 Å². The Balaban J connectivity index is 2.14. The summed E-state index contributed by atoms with van der Waals surface area (Å²) >= 11 is 12.3. The summed E-state index contributed by atoms with van der Waals surface area (Å²) < 4.78 is 0. The van der Waals surface area contributed by atoms with Crippen molar-refractivity contribution in [2.24, 2.45) is 5.73 Å². The molecule has 0 spiro atoms. The van der Waals surface area contributed by atoms with Crippen LogP contribution in [0, 0.1) is 0 Å². The number of nitrogens with two attached hydrogens (primary N) is 1. The lowest BCUT2D eigenvalue weighted by atomic mass is 10.1. The van der Waals surface area contributed by atoms with E-state index < -0.39 is 0 Å². The summed E-state index contributed by atoms with van der Waals surface area (Å²) in [7, 11) is 1.74. The van der Waals surface area contributed by atoms with Gasteiger partial charge < -0.3 is 10.6 Å². The van der Waals surface area contributed by atoms with E-state index in [1.54, 1.807) is 23.4 Å². The number of rotatable bonds is 4. The van der Waals surface area contributed by atoms with E-state index in [2.05, 4.69) is 0 Å². The molecule has 2 aromatic rings. The van der Waals surface area contributed by atoms with Crippen LogP contribution in [0.2, 0.25) is 5.02 Å². The zero-order valence-electron chi connectivity index (χ0n) is 10.8. The largest absolute Gasteiger partial charge is 0.389 e. The summed E-state index contributed by atoms with van der Waals surface area (Å²) in [6.07, 6.45) is 0. The van der Waals surface area contributed by atoms with Crippen LogP contribution in [0.15, 0.2) is 35.7 Å². The zero-order valence-corrected chi connectivity index (χ0v) is 13.2. The first kappa shape index (κ1) is 15.0. The van der Waals surface area contributed by atoms with Gasteiger partial charge in [0.15, 0.2) is 0 Å². The Morgan fingerprint density at radius 1 is 1.45 bits per heavy atom. The summed E-state index contributed by atoms with van der Waals surface area (Å²) in [5.74, 6) is -0.0919. The molecular weight excluding hydrogens is 312 g/mol. The molecule has 0 unspecified atom stereocenters. The third-order valence-electron chi connectivity index (χ3n) is 2.79. The van der Waals surface area contributed by atoms with E-state index in [1.165, 1.54) is 11.3 Å². The minimum Gasteiger partial charge on any atom is -0.389 e. The predicted octanol–water partition coefficient (Wildman–Crippen LogP) is 3.31. The highest BCUT2D eigenvalue weighted by atomic mass is 35.5. The molecule has 1 amide bonds. The quantitative estimate of drug-likeness (QED) is 0.878. The van der Waals surface area contributed by atoms with Crippen molar-refractivity contribution in [1.29, 1.82) is 0 Å². The number of hydrogen-bond donors (Lipinski definition) is 1. The number of amides is 1. The van der Waals surface area contributed by atoms with Crippen LogP contribution in [-0.2, 0) is 6.54 Å². The van der Waals surface area contributed by atoms with Crippen LogP contribution in [0.4, 0.5) is 0 Å². The van der Waals surface area contributed by atoms with Crippen molar-refractivity contribution in [3.8, 4) is 0 Å². The van der Waals surface area contributed by atoms with Gasteiger partial charge in [-0.15, -0.1) is 11.3 Å². The lowest BCUT2D eigenvalue weighted by Crippen LogP contribution is -2.25.